The summed E-state index contributed by atoms with van der Waals surface area (Å²) in [4.78, 5) is 14.5. The van der Waals surface area contributed by atoms with Gasteiger partial charge in [0.2, 0.25) is 0 Å². The molecular weight excluding hydrogens is 260 g/mol. The topological polar surface area (TPSA) is 96.3 Å². The summed E-state index contributed by atoms with van der Waals surface area (Å²) < 4.78 is 9.86. The average Bonchev–Trinajstić information content (AvgIpc) is 2.50. The minimum absolute atomic E-state index is 0.362. The molecular formula is C13H18N4O3. The molecule has 1 atom stereocenters. The summed E-state index contributed by atoms with van der Waals surface area (Å²) in [5, 5.41) is 6.52. The van der Waals surface area contributed by atoms with Crippen molar-refractivity contribution < 1.29 is 14.3 Å². The normalized spacial score (nSPS) is 11.3. The SMILES string of the molecule is COC(=O)C(NCCCN=[N+]=[N-])c1ccc(OC)cc1. The van der Waals surface area contributed by atoms with Crippen molar-refractivity contribution in [3.8, 4) is 5.75 Å². The van der Waals surface area contributed by atoms with Crippen LogP contribution in [0.2, 0.25) is 0 Å². The van der Waals surface area contributed by atoms with Crippen molar-refractivity contribution in [3.63, 3.8) is 0 Å². The van der Waals surface area contributed by atoms with Crippen LogP contribution >= 0.6 is 0 Å². The van der Waals surface area contributed by atoms with Crippen molar-refractivity contribution in [2.45, 2.75) is 12.5 Å². The molecule has 7 heteroatoms. The van der Waals surface area contributed by atoms with Gasteiger partial charge in [0.15, 0.2) is 0 Å². The lowest BCUT2D eigenvalue weighted by molar-refractivity contribution is -0.143. The lowest BCUT2D eigenvalue weighted by Gasteiger charge is -2.17. The van der Waals surface area contributed by atoms with E-state index in [4.69, 9.17) is 15.0 Å². The molecule has 0 aliphatic heterocycles. The Kier molecular flexibility index (Phi) is 6.95. The van der Waals surface area contributed by atoms with Gasteiger partial charge < -0.3 is 14.8 Å². The van der Waals surface area contributed by atoms with E-state index >= 15 is 0 Å². The van der Waals surface area contributed by atoms with Crippen LogP contribution in [0.4, 0.5) is 0 Å². The number of hydrogen-bond acceptors (Lipinski definition) is 5. The van der Waals surface area contributed by atoms with Crippen molar-refractivity contribution >= 4 is 5.97 Å². The smallest absolute Gasteiger partial charge is 0.327 e. The van der Waals surface area contributed by atoms with Gasteiger partial charge in [-0.2, -0.15) is 0 Å². The monoisotopic (exact) mass is 278 g/mol. The molecule has 0 aromatic heterocycles. The molecule has 7 nitrogen and oxygen atoms in total. The molecule has 0 bridgehead atoms. The number of esters is 1. The summed E-state index contributed by atoms with van der Waals surface area (Å²) >= 11 is 0. The maximum atomic E-state index is 11.8. The lowest BCUT2D eigenvalue weighted by atomic mass is 10.1. The van der Waals surface area contributed by atoms with Crippen molar-refractivity contribution in [2.75, 3.05) is 27.3 Å². The van der Waals surface area contributed by atoms with Crippen LogP contribution < -0.4 is 10.1 Å². The molecule has 1 unspecified atom stereocenters. The number of nitrogens with zero attached hydrogens (tertiary/aromatic N) is 3. The zero-order chi connectivity index (χ0) is 14.8. The van der Waals surface area contributed by atoms with Crippen LogP contribution in [-0.4, -0.2) is 33.3 Å². The van der Waals surface area contributed by atoms with E-state index < -0.39 is 6.04 Å². The summed E-state index contributed by atoms with van der Waals surface area (Å²) in [6, 6.07) is 6.64. The van der Waals surface area contributed by atoms with E-state index in [1.807, 2.05) is 0 Å². The number of methoxy groups -OCH3 is 2. The standard InChI is InChI=1S/C13H18N4O3/c1-19-11-6-4-10(5-7-11)12(13(18)20-2)15-8-3-9-16-17-14/h4-7,12,15H,3,8-9H2,1-2H3. The van der Waals surface area contributed by atoms with Crippen LogP contribution in [0.15, 0.2) is 29.4 Å². The van der Waals surface area contributed by atoms with Crippen LogP contribution in [0.1, 0.15) is 18.0 Å². The molecule has 0 saturated carbocycles. The number of hydrogen-bond donors (Lipinski definition) is 1. The molecule has 20 heavy (non-hydrogen) atoms. The Morgan fingerprint density at radius 1 is 1.40 bits per heavy atom. The zero-order valence-electron chi connectivity index (χ0n) is 11.6. The van der Waals surface area contributed by atoms with E-state index in [0.29, 0.717) is 19.5 Å². The molecule has 0 amide bonds. The molecule has 108 valence electrons. The van der Waals surface area contributed by atoms with Gasteiger partial charge in [-0.1, -0.05) is 17.2 Å². The Hall–Kier alpha value is -2.24. The fraction of sp³-hybridized carbons (Fsp3) is 0.462. The second kappa shape index (κ2) is 8.79. The third kappa shape index (κ3) is 4.79. The second-order valence-electron chi connectivity index (χ2n) is 3.99. The zero-order valence-corrected chi connectivity index (χ0v) is 11.6. The molecule has 1 aromatic rings. The van der Waals surface area contributed by atoms with Gasteiger partial charge >= 0.3 is 5.97 Å². The molecule has 0 aliphatic rings. The van der Waals surface area contributed by atoms with Crippen molar-refractivity contribution in [3.05, 3.63) is 40.3 Å². The first-order valence-corrected chi connectivity index (χ1v) is 6.19. The van der Waals surface area contributed by atoms with E-state index in [2.05, 4.69) is 15.3 Å². The second-order valence-corrected chi connectivity index (χ2v) is 3.99. The highest BCUT2D eigenvalue weighted by atomic mass is 16.5. The van der Waals surface area contributed by atoms with E-state index in [-0.39, 0.29) is 5.97 Å². The fourth-order valence-corrected chi connectivity index (χ4v) is 1.69. The predicted molar refractivity (Wildman–Crippen MR) is 74.4 cm³/mol. The number of carbonyl (C=O) groups excluding carboxylic acids is 1. The summed E-state index contributed by atoms with van der Waals surface area (Å²) in [6.07, 6.45) is 0.647. The molecule has 0 spiro atoms. The van der Waals surface area contributed by atoms with Gasteiger partial charge in [0.05, 0.1) is 14.2 Å². The van der Waals surface area contributed by atoms with Crippen LogP contribution in [-0.2, 0) is 9.53 Å². The maximum absolute atomic E-state index is 11.8. The predicted octanol–water partition coefficient (Wildman–Crippen LogP) is 2.20. The highest BCUT2D eigenvalue weighted by Gasteiger charge is 2.20. The Balaban J connectivity index is 2.67. The Bertz CT molecular complexity index is 469. The highest BCUT2D eigenvalue weighted by Crippen LogP contribution is 2.18. The summed E-state index contributed by atoms with van der Waals surface area (Å²) in [5.41, 5.74) is 8.97. The number of azide groups is 1. The minimum atomic E-state index is -0.544. The third-order valence-electron chi connectivity index (χ3n) is 2.73. The van der Waals surface area contributed by atoms with Gasteiger partial charge in [-0.05, 0) is 36.2 Å². The van der Waals surface area contributed by atoms with Crippen molar-refractivity contribution in [1.82, 2.24) is 5.32 Å². The first-order chi connectivity index (χ1) is 9.72. The van der Waals surface area contributed by atoms with Gasteiger partial charge in [-0.3, -0.25) is 0 Å². The molecule has 0 heterocycles. The third-order valence-corrected chi connectivity index (χ3v) is 2.73. The molecule has 1 aromatic carbocycles. The summed E-state index contributed by atoms with van der Waals surface area (Å²) in [6.45, 7) is 0.935. The fourth-order valence-electron chi connectivity index (χ4n) is 1.69. The molecule has 1 rings (SSSR count). The average molecular weight is 278 g/mol. The lowest BCUT2D eigenvalue weighted by Crippen LogP contribution is -2.30. The first kappa shape index (κ1) is 15.8. The van der Waals surface area contributed by atoms with Gasteiger partial charge in [0.1, 0.15) is 11.8 Å². The van der Waals surface area contributed by atoms with Crippen molar-refractivity contribution in [1.29, 1.82) is 0 Å². The molecule has 0 saturated heterocycles. The van der Waals surface area contributed by atoms with Gasteiger partial charge in [-0.15, -0.1) is 0 Å². The van der Waals surface area contributed by atoms with Gasteiger partial charge in [0.25, 0.3) is 0 Å². The van der Waals surface area contributed by atoms with E-state index in [1.54, 1.807) is 31.4 Å². The molecule has 0 aliphatic carbocycles. The summed E-state index contributed by atoms with van der Waals surface area (Å²) in [7, 11) is 2.93. The van der Waals surface area contributed by atoms with Crippen molar-refractivity contribution in [2.24, 2.45) is 5.11 Å². The molecule has 0 radical (unpaired) electrons. The minimum Gasteiger partial charge on any atom is -0.497 e. The Morgan fingerprint density at radius 3 is 2.65 bits per heavy atom. The Morgan fingerprint density at radius 2 is 2.10 bits per heavy atom. The van der Waals surface area contributed by atoms with Crippen LogP contribution in [0.25, 0.3) is 10.4 Å². The van der Waals surface area contributed by atoms with Crippen LogP contribution in [0, 0.1) is 0 Å². The number of carbonyl (C=O) groups is 1. The number of benzene rings is 1. The first-order valence-electron chi connectivity index (χ1n) is 6.19. The maximum Gasteiger partial charge on any atom is 0.327 e. The van der Waals surface area contributed by atoms with Gasteiger partial charge in [0, 0.05) is 11.5 Å². The number of nitrogens with one attached hydrogen (secondary N) is 1. The van der Waals surface area contributed by atoms with E-state index in [9.17, 15) is 4.79 Å². The highest BCUT2D eigenvalue weighted by molar-refractivity contribution is 5.77. The van der Waals surface area contributed by atoms with E-state index in [0.717, 1.165) is 11.3 Å². The largest absolute Gasteiger partial charge is 0.497 e. The molecule has 0 fully saturated rings. The van der Waals surface area contributed by atoms with Crippen LogP contribution in [0.3, 0.4) is 0 Å². The van der Waals surface area contributed by atoms with E-state index in [1.165, 1.54) is 7.11 Å². The number of rotatable bonds is 8. The Labute approximate surface area is 117 Å². The van der Waals surface area contributed by atoms with Crippen LogP contribution in [0.5, 0.6) is 5.75 Å². The quantitative estimate of drug-likeness (QED) is 0.259. The molecule has 1 N–H and O–H groups in total. The van der Waals surface area contributed by atoms with Gasteiger partial charge in [-0.25, -0.2) is 4.79 Å². The number of ether oxygens (including phenoxy) is 2. The summed E-state index contributed by atoms with van der Waals surface area (Å²) in [5.74, 6) is 0.361.